The Kier molecular flexibility index (Phi) is 6.10. The fraction of sp³-hybridized carbons (Fsp3) is 0.529. The minimum Gasteiger partial charge on any atom is -0.330 e. The highest BCUT2D eigenvalue weighted by Gasteiger charge is 2.27. The first kappa shape index (κ1) is 16.6. The molecule has 0 spiro atoms. The van der Waals surface area contributed by atoms with Gasteiger partial charge in [0.1, 0.15) is 0 Å². The number of rotatable bonds is 5. The maximum absolute atomic E-state index is 12.1. The predicted octanol–water partition coefficient (Wildman–Crippen LogP) is 0.964. The zero-order valence-corrected chi connectivity index (χ0v) is 12.8. The molecule has 0 bridgehead atoms. The van der Waals surface area contributed by atoms with Crippen LogP contribution in [0.4, 0.5) is 0 Å². The maximum atomic E-state index is 12.1. The number of hydrogen-bond acceptors (Lipinski definition) is 4. The second-order valence-electron chi connectivity index (χ2n) is 6.10. The van der Waals surface area contributed by atoms with E-state index in [-0.39, 0.29) is 11.8 Å². The van der Waals surface area contributed by atoms with E-state index < -0.39 is 11.9 Å². The van der Waals surface area contributed by atoms with E-state index in [0.29, 0.717) is 18.9 Å². The van der Waals surface area contributed by atoms with Gasteiger partial charge in [-0.3, -0.25) is 14.9 Å². The summed E-state index contributed by atoms with van der Waals surface area (Å²) >= 11 is 0. The monoisotopic (exact) mass is 303 g/mol. The molecule has 0 saturated heterocycles. The van der Waals surface area contributed by atoms with Crippen molar-refractivity contribution in [3.63, 3.8) is 0 Å². The van der Waals surface area contributed by atoms with E-state index in [4.69, 9.17) is 11.5 Å². The van der Waals surface area contributed by atoms with Crippen LogP contribution in [0, 0.1) is 11.8 Å². The third-order valence-corrected chi connectivity index (χ3v) is 4.43. The van der Waals surface area contributed by atoms with Crippen LogP contribution in [-0.2, 0) is 16.0 Å². The third kappa shape index (κ3) is 4.64. The summed E-state index contributed by atoms with van der Waals surface area (Å²) in [4.78, 5) is 24.2. The first-order chi connectivity index (χ1) is 10.6. The molecule has 1 fully saturated rings. The Morgan fingerprint density at radius 2 is 1.77 bits per heavy atom. The van der Waals surface area contributed by atoms with Crippen molar-refractivity contribution in [3.8, 4) is 0 Å². The predicted molar refractivity (Wildman–Crippen MR) is 85.8 cm³/mol. The lowest BCUT2D eigenvalue weighted by molar-refractivity contribution is -0.134. The van der Waals surface area contributed by atoms with Crippen LogP contribution in [0.2, 0.25) is 0 Å². The summed E-state index contributed by atoms with van der Waals surface area (Å²) in [6.45, 7) is 0.676. The lowest BCUT2D eigenvalue weighted by Crippen LogP contribution is -2.47. The fourth-order valence-corrected chi connectivity index (χ4v) is 2.94. The second-order valence-corrected chi connectivity index (χ2v) is 6.10. The SMILES string of the molecule is NCC1CCC(C(=O)NC(=O)[C@@H](N)Cc2ccccc2)CC1. The summed E-state index contributed by atoms with van der Waals surface area (Å²) in [6.07, 6.45) is 3.95. The van der Waals surface area contributed by atoms with E-state index in [1.807, 2.05) is 30.3 Å². The van der Waals surface area contributed by atoms with Crippen molar-refractivity contribution >= 4 is 11.8 Å². The van der Waals surface area contributed by atoms with Crippen molar-refractivity contribution < 1.29 is 9.59 Å². The van der Waals surface area contributed by atoms with Gasteiger partial charge in [0.2, 0.25) is 11.8 Å². The van der Waals surface area contributed by atoms with Crippen molar-refractivity contribution in [2.45, 2.75) is 38.1 Å². The molecule has 0 heterocycles. The molecule has 0 aromatic heterocycles. The van der Waals surface area contributed by atoms with E-state index in [2.05, 4.69) is 5.32 Å². The van der Waals surface area contributed by atoms with E-state index in [1.165, 1.54) is 0 Å². The van der Waals surface area contributed by atoms with Crippen molar-refractivity contribution in [1.82, 2.24) is 5.32 Å². The minimum absolute atomic E-state index is 0.0873. The molecular weight excluding hydrogens is 278 g/mol. The van der Waals surface area contributed by atoms with Gasteiger partial charge in [0, 0.05) is 5.92 Å². The van der Waals surface area contributed by atoms with E-state index in [0.717, 1.165) is 31.2 Å². The summed E-state index contributed by atoms with van der Waals surface area (Å²) in [5.74, 6) is -0.158. The molecule has 0 radical (unpaired) electrons. The highest BCUT2D eigenvalue weighted by atomic mass is 16.2. The van der Waals surface area contributed by atoms with Gasteiger partial charge in [-0.15, -0.1) is 0 Å². The highest BCUT2D eigenvalue weighted by Crippen LogP contribution is 2.28. The standard InChI is InChI=1S/C17H25N3O2/c18-11-13-6-8-14(9-7-13)16(21)20-17(22)15(19)10-12-4-2-1-3-5-12/h1-5,13-15H,6-11,18-19H2,(H,20,21,22)/t13?,14?,15-/m0/s1. The molecule has 1 aliphatic rings. The molecule has 1 aromatic carbocycles. The molecule has 5 heteroatoms. The van der Waals surface area contributed by atoms with Crippen LogP contribution in [0.15, 0.2) is 30.3 Å². The lowest BCUT2D eigenvalue weighted by atomic mass is 9.81. The third-order valence-electron chi connectivity index (χ3n) is 4.43. The van der Waals surface area contributed by atoms with Crippen molar-refractivity contribution in [2.75, 3.05) is 6.54 Å². The minimum atomic E-state index is -0.702. The Morgan fingerprint density at radius 1 is 1.14 bits per heavy atom. The van der Waals surface area contributed by atoms with Crippen LogP contribution in [0.1, 0.15) is 31.2 Å². The molecule has 120 valence electrons. The van der Waals surface area contributed by atoms with Crippen molar-refractivity contribution in [3.05, 3.63) is 35.9 Å². The lowest BCUT2D eigenvalue weighted by Gasteiger charge is -2.26. The van der Waals surface area contributed by atoms with Crippen LogP contribution in [0.3, 0.4) is 0 Å². The molecule has 2 amide bonds. The first-order valence-corrected chi connectivity index (χ1v) is 7.94. The topological polar surface area (TPSA) is 98.2 Å². The van der Waals surface area contributed by atoms with Crippen LogP contribution >= 0.6 is 0 Å². The summed E-state index contributed by atoms with van der Waals surface area (Å²) < 4.78 is 0. The van der Waals surface area contributed by atoms with E-state index in [1.54, 1.807) is 0 Å². The van der Waals surface area contributed by atoms with Gasteiger partial charge in [-0.1, -0.05) is 30.3 Å². The molecule has 1 atom stereocenters. The van der Waals surface area contributed by atoms with Crippen LogP contribution in [-0.4, -0.2) is 24.4 Å². The smallest absolute Gasteiger partial charge is 0.243 e. The zero-order chi connectivity index (χ0) is 15.9. The summed E-state index contributed by atoms with van der Waals surface area (Å²) in [7, 11) is 0. The average Bonchev–Trinajstić information content (AvgIpc) is 2.55. The number of nitrogens with one attached hydrogen (secondary N) is 1. The Hall–Kier alpha value is -1.72. The van der Waals surface area contributed by atoms with Gasteiger partial charge in [0.15, 0.2) is 0 Å². The number of imide groups is 1. The van der Waals surface area contributed by atoms with Gasteiger partial charge in [-0.25, -0.2) is 0 Å². The summed E-state index contributed by atoms with van der Waals surface area (Å²) in [5.41, 5.74) is 12.5. The number of nitrogens with two attached hydrogens (primary N) is 2. The number of amides is 2. The fourth-order valence-electron chi connectivity index (χ4n) is 2.94. The maximum Gasteiger partial charge on any atom is 0.243 e. The second kappa shape index (κ2) is 8.06. The van der Waals surface area contributed by atoms with Crippen LogP contribution in [0.5, 0.6) is 0 Å². The molecule has 1 aliphatic carbocycles. The molecular formula is C17H25N3O2. The normalized spacial score (nSPS) is 22.8. The summed E-state index contributed by atoms with van der Waals surface area (Å²) in [6, 6.07) is 8.86. The van der Waals surface area contributed by atoms with Crippen molar-refractivity contribution in [2.24, 2.45) is 23.3 Å². The quantitative estimate of drug-likeness (QED) is 0.754. The van der Waals surface area contributed by atoms with E-state index >= 15 is 0 Å². The Balaban J connectivity index is 1.80. The average molecular weight is 303 g/mol. The molecule has 1 saturated carbocycles. The molecule has 0 aliphatic heterocycles. The number of hydrogen-bond donors (Lipinski definition) is 3. The molecule has 2 rings (SSSR count). The van der Waals surface area contributed by atoms with Crippen molar-refractivity contribution in [1.29, 1.82) is 0 Å². The van der Waals surface area contributed by atoms with E-state index in [9.17, 15) is 9.59 Å². The molecule has 5 nitrogen and oxygen atoms in total. The van der Waals surface area contributed by atoms with Gasteiger partial charge in [-0.2, -0.15) is 0 Å². The molecule has 5 N–H and O–H groups in total. The zero-order valence-electron chi connectivity index (χ0n) is 12.8. The Morgan fingerprint density at radius 3 is 2.36 bits per heavy atom. The highest BCUT2D eigenvalue weighted by molar-refractivity contribution is 5.98. The van der Waals surface area contributed by atoms with Gasteiger partial charge < -0.3 is 11.5 Å². The van der Waals surface area contributed by atoms with Crippen LogP contribution in [0.25, 0.3) is 0 Å². The van der Waals surface area contributed by atoms with Gasteiger partial charge >= 0.3 is 0 Å². The number of benzene rings is 1. The van der Waals surface area contributed by atoms with Gasteiger partial charge in [-0.05, 0) is 50.1 Å². The Bertz CT molecular complexity index is 496. The Labute approximate surface area is 131 Å². The molecule has 0 unspecified atom stereocenters. The van der Waals surface area contributed by atoms with Crippen LogP contribution < -0.4 is 16.8 Å². The first-order valence-electron chi connectivity index (χ1n) is 7.94. The molecule has 1 aromatic rings. The molecule has 22 heavy (non-hydrogen) atoms. The van der Waals surface area contributed by atoms with Gasteiger partial charge in [0.05, 0.1) is 6.04 Å². The van der Waals surface area contributed by atoms with Gasteiger partial charge in [0.25, 0.3) is 0 Å². The number of carbonyl (C=O) groups excluding carboxylic acids is 2. The largest absolute Gasteiger partial charge is 0.330 e. The summed E-state index contributed by atoms with van der Waals surface area (Å²) in [5, 5.41) is 2.47. The number of carbonyl (C=O) groups is 2.